The van der Waals surface area contributed by atoms with Gasteiger partial charge in [-0.1, -0.05) is 188 Å². The first-order valence-electron chi connectivity index (χ1n) is 22.0. The van der Waals surface area contributed by atoms with Crippen LogP contribution in [0.3, 0.4) is 0 Å². The van der Waals surface area contributed by atoms with E-state index < -0.39 is 0 Å². The lowest BCUT2D eigenvalue weighted by molar-refractivity contribution is 1.28. The number of anilines is 3. The molecule has 0 aliphatic heterocycles. The number of hydrogen-bond donors (Lipinski definition) is 0. The van der Waals surface area contributed by atoms with Gasteiger partial charge in [-0.2, -0.15) is 0 Å². The molecule has 11 aromatic rings. The summed E-state index contributed by atoms with van der Waals surface area (Å²) < 4.78 is 38.5. The van der Waals surface area contributed by atoms with Crippen LogP contribution in [0, 0.1) is 0 Å². The minimum absolute atomic E-state index is 0.100. The fourth-order valence-corrected chi connectivity index (χ4v) is 8.64. The van der Waals surface area contributed by atoms with Gasteiger partial charge in [-0.05, 0) is 136 Å². The van der Waals surface area contributed by atoms with Crippen molar-refractivity contribution in [3.63, 3.8) is 0 Å². The van der Waals surface area contributed by atoms with Crippen LogP contribution < -0.4 is 4.90 Å². The molecule has 1 heteroatoms. The summed E-state index contributed by atoms with van der Waals surface area (Å²) >= 11 is 0. The summed E-state index contributed by atoms with van der Waals surface area (Å²) in [6.07, 6.45) is 0. The van der Waals surface area contributed by atoms with Gasteiger partial charge >= 0.3 is 0 Å². The normalized spacial score (nSPS) is 12.3. The largest absolute Gasteiger partial charge is 0.310 e. The lowest BCUT2D eigenvalue weighted by atomic mass is 9.92. The zero-order valence-electron chi connectivity index (χ0n) is 36.2. The molecule has 59 heavy (non-hydrogen) atoms. The Kier molecular flexibility index (Phi) is 7.55. The number of nitrogens with zero attached hydrogens (tertiary/aromatic N) is 1. The molecule has 11 aromatic carbocycles. The Morgan fingerprint density at radius 1 is 0.254 bits per heavy atom. The van der Waals surface area contributed by atoms with Crippen LogP contribution in [0.5, 0.6) is 0 Å². The van der Waals surface area contributed by atoms with Gasteiger partial charge in [0, 0.05) is 17.1 Å². The summed E-state index contributed by atoms with van der Waals surface area (Å²) in [5, 5.41) is 9.21. The third kappa shape index (κ3) is 6.30. The second-order valence-corrected chi connectivity index (χ2v) is 15.0. The zero-order chi connectivity index (χ0) is 42.6. The summed E-state index contributed by atoms with van der Waals surface area (Å²) in [5.41, 5.74) is 8.65. The predicted octanol–water partition coefficient (Wildman–Crippen LogP) is 16.4. The van der Waals surface area contributed by atoms with E-state index >= 15 is 0 Å². The fourth-order valence-electron chi connectivity index (χ4n) is 8.64. The molecule has 0 aromatic heterocycles. The van der Waals surface area contributed by atoms with Gasteiger partial charge in [0.05, 0.1) is 5.48 Å². The van der Waals surface area contributed by atoms with Gasteiger partial charge in [0.2, 0.25) is 0 Å². The van der Waals surface area contributed by atoms with Crippen LogP contribution in [-0.4, -0.2) is 0 Å². The zero-order valence-corrected chi connectivity index (χ0v) is 32.2. The average molecular weight is 754 g/mol. The van der Waals surface area contributed by atoms with Crippen LogP contribution in [0.2, 0.25) is 0 Å². The molecule has 0 unspecified atom stereocenters. The Bertz CT molecular complexity index is 3370. The highest BCUT2D eigenvalue weighted by Crippen LogP contribution is 2.43. The number of hydrogen-bond acceptors (Lipinski definition) is 1. The lowest BCUT2D eigenvalue weighted by Crippen LogP contribution is -2.10. The molecule has 0 radical (unpaired) electrons. The highest BCUT2D eigenvalue weighted by atomic mass is 15.1. The van der Waals surface area contributed by atoms with Gasteiger partial charge in [-0.25, -0.2) is 0 Å². The molecule has 0 heterocycles. The van der Waals surface area contributed by atoms with Crippen LogP contribution in [0.4, 0.5) is 17.1 Å². The van der Waals surface area contributed by atoms with Gasteiger partial charge in [-0.3, -0.25) is 0 Å². The maximum absolute atomic E-state index is 9.73. The molecule has 0 amide bonds. The molecule has 0 atom stereocenters. The Balaban J connectivity index is 1.12. The van der Waals surface area contributed by atoms with Crippen LogP contribution in [0.15, 0.2) is 236 Å². The van der Waals surface area contributed by atoms with Crippen LogP contribution >= 0.6 is 0 Å². The van der Waals surface area contributed by atoms with Gasteiger partial charge in [-0.15, -0.1) is 0 Å². The van der Waals surface area contributed by atoms with Gasteiger partial charge < -0.3 is 4.90 Å². The summed E-state index contributed by atoms with van der Waals surface area (Å²) in [5.74, 6) is 0. The van der Waals surface area contributed by atoms with Crippen LogP contribution in [0.1, 0.15) is 5.48 Å². The average Bonchev–Trinajstić information content (AvgIpc) is 3.35. The van der Waals surface area contributed by atoms with Crippen molar-refractivity contribution in [3.8, 4) is 44.5 Å². The van der Waals surface area contributed by atoms with Crippen molar-refractivity contribution in [1.29, 1.82) is 0 Å². The van der Waals surface area contributed by atoms with E-state index in [1.165, 1.54) is 10.8 Å². The van der Waals surface area contributed by atoms with Crippen molar-refractivity contribution < 1.29 is 5.48 Å². The first-order chi connectivity index (χ1) is 30.9. The Morgan fingerprint density at radius 3 is 1.15 bits per heavy atom. The lowest BCUT2D eigenvalue weighted by Gasteiger charge is -2.27. The van der Waals surface area contributed by atoms with Crippen LogP contribution in [-0.2, 0) is 0 Å². The number of fused-ring (bicyclic) bond motifs is 6. The van der Waals surface area contributed by atoms with Crippen molar-refractivity contribution in [1.82, 2.24) is 0 Å². The molecule has 0 spiro atoms. The molecular formula is C58H39N. The molecule has 276 valence electrons. The van der Waals surface area contributed by atoms with E-state index in [0.29, 0.717) is 16.9 Å². The monoisotopic (exact) mass is 753 g/mol. The van der Waals surface area contributed by atoms with E-state index in [1.807, 2.05) is 83.8 Å². The summed E-state index contributed by atoms with van der Waals surface area (Å²) in [6.45, 7) is 0. The second kappa shape index (κ2) is 14.6. The summed E-state index contributed by atoms with van der Waals surface area (Å²) in [6, 6.07) is 72.1. The van der Waals surface area contributed by atoms with E-state index in [1.54, 1.807) is 0 Å². The highest BCUT2D eigenvalue weighted by molar-refractivity contribution is 6.15. The van der Waals surface area contributed by atoms with E-state index in [0.717, 1.165) is 65.7 Å². The van der Waals surface area contributed by atoms with Crippen molar-refractivity contribution in [3.05, 3.63) is 236 Å². The molecule has 0 saturated carbocycles. The van der Waals surface area contributed by atoms with Gasteiger partial charge in [0.15, 0.2) is 0 Å². The first-order valence-corrected chi connectivity index (χ1v) is 20.0. The molecule has 0 N–H and O–H groups in total. The number of rotatable bonds is 7. The summed E-state index contributed by atoms with van der Waals surface area (Å²) in [7, 11) is 0. The number of benzene rings is 11. The Labute approximate surface area is 350 Å². The predicted molar refractivity (Wildman–Crippen MR) is 253 cm³/mol. The topological polar surface area (TPSA) is 3.24 Å². The first kappa shape index (κ1) is 30.4. The Morgan fingerprint density at radius 2 is 0.644 bits per heavy atom. The molecule has 0 fully saturated rings. The molecule has 0 saturated heterocycles. The van der Waals surface area contributed by atoms with E-state index in [2.05, 4.69) is 133 Å². The maximum atomic E-state index is 9.73. The van der Waals surface area contributed by atoms with Crippen molar-refractivity contribution in [2.24, 2.45) is 0 Å². The summed E-state index contributed by atoms with van der Waals surface area (Å²) in [4.78, 5) is 1.91. The maximum Gasteiger partial charge on any atom is 0.0645 e. The van der Waals surface area contributed by atoms with Crippen LogP contribution in [0.25, 0.3) is 87.6 Å². The molecule has 1 nitrogen and oxygen atoms in total. The molecule has 0 aliphatic rings. The van der Waals surface area contributed by atoms with E-state index in [9.17, 15) is 5.48 Å². The standard InChI is InChI=1S/C58H39N/c1-2-14-40(15-3-1)41-28-30-42(31-29-41)43-32-34-48(35-33-43)59(49-20-12-18-44(36-49)57-38-46-16-4-6-22-51(46)53-24-8-10-26-55(53)57)50-21-13-19-45(37-50)58-39-47-17-5-7-23-52(47)54-25-9-11-27-56(54)58/h1-39H/i32D,33D,34D,35D. The molecule has 0 bridgehead atoms. The fraction of sp³-hybridized carbons (Fsp3) is 0. The molecular weight excluding hydrogens is 711 g/mol. The Hall–Kier alpha value is -7.74. The molecule has 11 rings (SSSR count). The SMILES string of the molecule is [2H]c1c([2H])c(N(c2cccc(-c3cc4ccccc4c4ccccc34)c2)c2cccc(-c3cc4ccccc4c4ccccc34)c2)c([2H])c([2H])c1-c1ccc(-c2ccccc2)cc1. The van der Waals surface area contributed by atoms with Crippen molar-refractivity contribution in [2.45, 2.75) is 0 Å². The smallest absolute Gasteiger partial charge is 0.0645 e. The second-order valence-electron chi connectivity index (χ2n) is 15.0. The van der Waals surface area contributed by atoms with E-state index in [4.69, 9.17) is 0 Å². The third-order valence-electron chi connectivity index (χ3n) is 11.5. The quantitative estimate of drug-likeness (QED) is 0.147. The van der Waals surface area contributed by atoms with Gasteiger partial charge in [0.25, 0.3) is 0 Å². The molecule has 0 aliphatic carbocycles. The highest BCUT2D eigenvalue weighted by Gasteiger charge is 2.17. The minimum atomic E-state index is -0.124. The van der Waals surface area contributed by atoms with Gasteiger partial charge in [0.1, 0.15) is 0 Å². The minimum Gasteiger partial charge on any atom is -0.310 e. The van der Waals surface area contributed by atoms with E-state index in [-0.39, 0.29) is 35.4 Å². The van der Waals surface area contributed by atoms with Crippen molar-refractivity contribution in [2.75, 3.05) is 4.90 Å². The van der Waals surface area contributed by atoms with Crippen molar-refractivity contribution >= 4 is 60.2 Å². The third-order valence-corrected chi connectivity index (χ3v) is 11.5.